The molecule has 0 fully saturated rings. The lowest BCUT2D eigenvalue weighted by Crippen LogP contribution is -2.29. The van der Waals surface area contributed by atoms with Gasteiger partial charge in [-0.25, -0.2) is 0 Å². The Bertz CT molecular complexity index is 537. The second-order valence-corrected chi connectivity index (χ2v) is 4.56. The van der Waals surface area contributed by atoms with E-state index in [1.807, 2.05) is 42.5 Å². The molecule has 0 atom stereocenters. The van der Waals surface area contributed by atoms with Crippen molar-refractivity contribution in [3.8, 4) is 0 Å². The molecular weight excluding hydrogens is 250 g/mol. The van der Waals surface area contributed by atoms with Crippen molar-refractivity contribution in [2.24, 2.45) is 5.73 Å². The molecule has 0 amide bonds. The standard InChI is InChI=1S/C16H19N3O/c17-16(18)19-10-13-6-8-15(9-7-13)12-20-11-14-4-2-1-3-5-14/h1-9H,10-12H2,(H4,17,18,19). The Morgan fingerprint density at radius 3 is 2.05 bits per heavy atom. The van der Waals surface area contributed by atoms with Crippen LogP contribution < -0.4 is 11.1 Å². The Morgan fingerprint density at radius 2 is 1.45 bits per heavy atom. The minimum atomic E-state index is -0.0136. The van der Waals surface area contributed by atoms with Crippen LogP contribution in [0.4, 0.5) is 0 Å². The van der Waals surface area contributed by atoms with Crippen LogP contribution in [0.2, 0.25) is 0 Å². The van der Waals surface area contributed by atoms with E-state index in [4.69, 9.17) is 15.9 Å². The Hall–Kier alpha value is -2.33. The minimum Gasteiger partial charge on any atom is -0.372 e. The summed E-state index contributed by atoms with van der Waals surface area (Å²) in [4.78, 5) is 0. The molecule has 0 aromatic heterocycles. The summed E-state index contributed by atoms with van der Waals surface area (Å²) >= 11 is 0. The molecule has 2 rings (SSSR count). The van der Waals surface area contributed by atoms with Crippen molar-refractivity contribution >= 4 is 5.96 Å². The van der Waals surface area contributed by atoms with E-state index in [1.54, 1.807) is 0 Å². The highest BCUT2D eigenvalue weighted by molar-refractivity contribution is 5.74. The number of rotatable bonds is 6. The van der Waals surface area contributed by atoms with Crippen molar-refractivity contribution in [1.29, 1.82) is 5.41 Å². The van der Waals surface area contributed by atoms with Gasteiger partial charge in [-0.2, -0.15) is 0 Å². The lowest BCUT2D eigenvalue weighted by Gasteiger charge is -2.07. The van der Waals surface area contributed by atoms with Gasteiger partial charge in [-0.05, 0) is 16.7 Å². The van der Waals surface area contributed by atoms with Crippen molar-refractivity contribution in [2.45, 2.75) is 19.8 Å². The van der Waals surface area contributed by atoms with Crippen LogP contribution in [0, 0.1) is 5.41 Å². The van der Waals surface area contributed by atoms with Crippen LogP contribution in [0.1, 0.15) is 16.7 Å². The number of ether oxygens (including phenoxy) is 1. The van der Waals surface area contributed by atoms with Gasteiger partial charge in [0.05, 0.1) is 13.2 Å². The van der Waals surface area contributed by atoms with Gasteiger partial charge >= 0.3 is 0 Å². The maximum Gasteiger partial charge on any atom is 0.185 e. The summed E-state index contributed by atoms with van der Waals surface area (Å²) in [6, 6.07) is 18.2. The SMILES string of the molecule is N=C(N)NCc1ccc(COCc2ccccc2)cc1. The van der Waals surface area contributed by atoms with Gasteiger partial charge in [0, 0.05) is 6.54 Å². The van der Waals surface area contributed by atoms with Gasteiger partial charge in [0.15, 0.2) is 5.96 Å². The van der Waals surface area contributed by atoms with E-state index in [9.17, 15) is 0 Å². The highest BCUT2D eigenvalue weighted by atomic mass is 16.5. The molecule has 20 heavy (non-hydrogen) atoms. The zero-order valence-electron chi connectivity index (χ0n) is 11.3. The smallest absolute Gasteiger partial charge is 0.185 e. The van der Waals surface area contributed by atoms with E-state index in [0.717, 1.165) is 11.1 Å². The monoisotopic (exact) mass is 269 g/mol. The molecule has 0 unspecified atom stereocenters. The average Bonchev–Trinajstić information content (AvgIpc) is 2.47. The van der Waals surface area contributed by atoms with Gasteiger partial charge in [-0.1, -0.05) is 54.6 Å². The second-order valence-electron chi connectivity index (χ2n) is 4.56. The normalized spacial score (nSPS) is 10.2. The quantitative estimate of drug-likeness (QED) is 0.557. The van der Waals surface area contributed by atoms with Crippen LogP contribution in [0.5, 0.6) is 0 Å². The largest absolute Gasteiger partial charge is 0.372 e. The van der Waals surface area contributed by atoms with E-state index in [-0.39, 0.29) is 5.96 Å². The highest BCUT2D eigenvalue weighted by Gasteiger charge is 1.97. The minimum absolute atomic E-state index is 0.0136. The third kappa shape index (κ3) is 4.74. The molecule has 0 saturated heterocycles. The fourth-order valence-electron chi connectivity index (χ4n) is 1.81. The molecule has 4 heteroatoms. The summed E-state index contributed by atoms with van der Waals surface area (Å²) in [6.07, 6.45) is 0. The zero-order valence-corrected chi connectivity index (χ0v) is 11.3. The van der Waals surface area contributed by atoms with Crippen LogP contribution in [0.25, 0.3) is 0 Å². The number of guanidine groups is 1. The van der Waals surface area contributed by atoms with Crippen molar-refractivity contribution in [3.63, 3.8) is 0 Å². The zero-order chi connectivity index (χ0) is 14.2. The molecule has 2 aromatic carbocycles. The molecule has 0 aliphatic rings. The highest BCUT2D eigenvalue weighted by Crippen LogP contribution is 2.08. The summed E-state index contributed by atoms with van der Waals surface area (Å²) in [5, 5.41) is 9.88. The Kier molecular flexibility index (Phi) is 5.15. The first-order valence-electron chi connectivity index (χ1n) is 6.51. The molecule has 0 spiro atoms. The molecule has 4 N–H and O–H groups in total. The van der Waals surface area contributed by atoms with Crippen molar-refractivity contribution in [1.82, 2.24) is 5.32 Å². The Morgan fingerprint density at radius 1 is 0.900 bits per heavy atom. The van der Waals surface area contributed by atoms with Crippen molar-refractivity contribution in [3.05, 3.63) is 71.3 Å². The third-order valence-electron chi connectivity index (χ3n) is 2.89. The van der Waals surface area contributed by atoms with Crippen molar-refractivity contribution < 1.29 is 4.74 Å². The molecule has 104 valence electrons. The predicted octanol–water partition coefficient (Wildman–Crippen LogP) is 2.39. The van der Waals surface area contributed by atoms with Gasteiger partial charge in [0.25, 0.3) is 0 Å². The molecule has 0 heterocycles. The number of nitrogens with two attached hydrogens (primary N) is 1. The second kappa shape index (κ2) is 7.31. The maximum absolute atomic E-state index is 7.11. The summed E-state index contributed by atoms with van der Waals surface area (Å²) < 4.78 is 5.67. The van der Waals surface area contributed by atoms with E-state index < -0.39 is 0 Å². The average molecular weight is 269 g/mol. The summed E-state index contributed by atoms with van der Waals surface area (Å²) in [5.41, 5.74) is 8.64. The number of nitrogens with one attached hydrogen (secondary N) is 2. The first kappa shape index (κ1) is 14.1. The molecule has 0 aliphatic heterocycles. The van der Waals surface area contributed by atoms with E-state index in [0.29, 0.717) is 19.8 Å². The fourth-order valence-corrected chi connectivity index (χ4v) is 1.81. The lowest BCUT2D eigenvalue weighted by atomic mass is 10.1. The van der Waals surface area contributed by atoms with Gasteiger partial charge in [-0.15, -0.1) is 0 Å². The van der Waals surface area contributed by atoms with E-state index >= 15 is 0 Å². The van der Waals surface area contributed by atoms with Crippen LogP contribution in [0.3, 0.4) is 0 Å². The molecule has 4 nitrogen and oxygen atoms in total. The molecule has 0 bridgehead atoms. The summed E-state index contributed by atoms with van der Waals surface area (Å²) in [6.45, 7) is 1.78. The first-order chi connectivity index (χ1) is 9.74. The van der Waals surface area contributed by atoms with E-state index in [1.165, 1.54) is 5.56 Å². The Labute approximate surface area is 119 Å². The maximum atomic E-state index is 7.11. The van der Waals surface area contributed by atoms with Gasteiger partial charge in [0.2, 0.25) is 0 Å². The third-order valence-corrected chi connectivity index (χ3v) is 2.89. The van der Waals surface area contributed by atoms with E-state index in [2.05, 4.69) is 17.4 Å². The van der Waals surface area contributed by atoms with Gasteiger partial charge < -0.3 is 15.8 Å². The number of benzene rings is 2. The molecule has 0 saturated carbocycles. The fraction of sp³-hybridized carbons (Fsp3) is 0.188. The lowest BCUT2D eigenvalue weighted by molar-refractivity contribution is 0.107. The van der Waals surface area contributed by atoms with Crippen LogP contribution in [0.15, 0.2) is 54.6 Å². The van der Waals surface area contributed by atoms with Crippen molar-refractivity contribution in [2.75, 3.05) is 0 Å². The predicted molar refractivity (Wildman–Crippen MR) is 80.1 cm³/mol. The molecule has 2 aromatic rings. The topological polar surface area (TPSA) is 71.1 Å². The van der Waals surface area contributed by atoms with Crippen LogP contribution in [-0.4, -0.2) is 5.96 Å². The molecule has 0 radical (unpaired) electrons. The Balaban J connectivity index is 1.77. The molecular formula is C16H19N3O. The van der Waals surface area contributed by atoms with Crippen LogP contribution in [-0.2, 0) is 24.5 Å². The van der Waals surface area contributed by atoms with Gasteiger partial charge in [0.1, 0.15) is 0 Å². The number of hydrogen-bond acceptors (Lipinski definition) is 2. The van der Waals surface area contributed by atoms with Gasteiger partial charge in [-0.3, -0.25) is 5.41 Å². The summed E-state index contributed by atoms with van der Waals surface area (Å²) in [5.74, 6) is -0.0136. The molecule has 0 aliphatic carbocycles. The number of hydrogen-bond donors (Lipinski definition) is 3. The van der Waals surface area contributed by atoms with Crippen LogP contribution >= 0.6 is 0 Å². The summed E-state index contributed by atoms with van der Waals surface area (Å²) in [7, 11) is 0. The first-order valence-corrected chi connectivity index (χ1v) is 6.51.